The number of carboxylic acid groups (broad SMARTS) is 1. The zero-order chi connectivity index (χ0) is 30.1. The van der Waals surface area contributed by atoms with Gasteiger partial charge in [-0.05, 0) is 41.7 Å². The third-order valence-electron chi connectivity index (χ3n) is 7.21. The van der Waals surface area contributed by atoms with Gasteiger partial charge in [0.05, 0.1) is 6.67 Å². The van der Waals surface area contributed by atoms with E-state index in [1.807, 2.05) is 0 Å². The first-order valence-corrected chi connectivity index (χ1v) is 13.3. The molecule has 0 saturated carbocycles. The first-order valence-electron chi connectivity index (χ1n) is 13.0. The average molecular weight is 591 g/mol. The van der Waals surface area contributed by atoms with Gasteiger partial charge in [0.25, 0.3) is 17.7 Å². The molecule has 1 unspecified atom stereocenters. The molecule has 0 bridgehead atoms. The maximum absolute atomic E-state index is 14.6. The topological polar surface area (TPSA) is 136 Å². The molecular formula is C28H29ClF2N4O6. The summed E-state index contributed by atoms with van der Waals surface area (Å²) in [6.07, 6.45) is 0.111. The Hall–Kier alpha value is -3.90. The second-order valence-electron chi connectivity index (χ2n) is 10.3. The SMILES string of the molecule is CC(C)[C@H](NCN1C(=O)CCC(N2Cc3cc(CNC(=O)C(F)(F)c4ccc(Cl)cc4)ccc3C2=O)C1=O)C(=O)O. The van der Waals surface area contributed by atoms with Gasteiger partial charge in [-0.15, -0.1) is 0 Å². The van der Waals surface area contributed by atoms with Crippen LogP contribution in [0.1, 0.15) is 53.7 Å². The van der Waals surface area contributed by atoms with E-state index in [0.717, 1.165) is 17.0 Å². The fourth-order valence-corrected chi connectivity index (χ4v) is 5.04. The predicted octanol–water partition coefficient (Wildman–Crippen LogP) is 2.88. The Labute approximate surface area is 239 Å². The number of imide groups is 1. The largest absolute Gasteiger partial charge is 0.480 e. The number of nitrogens with zero attached hydrogens (tertiary/aromatic N) is 2. The molecule has 0 aliphatic carbocycles. The molecule has 4 amide bonds. The third kappa shape index (κ3) is 6.23. The summed E-state index contributed by atoms with van der Waals surface area (Å²) in [5.41, 5.74) is 0.846. The molecule has 1 saturated heterocycles. The quantitative estimate of drug-likeness (QED) is 0.362. The van der Waals surface area contributed by atoms with Crippen LogP contribution in [-0.4, -0.2) is 63.3 Å². The Morgan fingerprint density at radius 1 is 1.12 bits per heavy atom. The molecule has 0 spiro atoms. The number of carbonyl (C=O) groups is 5. The summed E-state index contributed by atoms with van der Waals surface area (Å²) in [7, 11) is 0. The lowest BCUT2D eigenvalue weighted by Gasteiger charge is -2.36. The number of halogens is 3. The van der Waals surface area contributed by atoms with Crippen LogP contribution in [0.5, 0.6) is 0 Å². The highest BCUT2D eigenvalue weighted by molar-refractivity contribution is 6.30. The van der Waals surface area contributed by atoms with E-state index >= 15 is 0 Å². The fraction of sp³-hybridized carbons (Fsp3) is 0.393. The van der Waals surface area contributed by atoms with Crippen molar-refractivity contribution in [3.8, 4) is 0 Å². The van der Waals surface area contributed by atoms with Gasteiger partial charge in [0.1, 0.15) is 12.1 Å². The van der Waals surface area contributed by atoms with Gasteiger partial charge in [0.15, 0.2) is 0 Å². The molecular weight excluding hydrogens is 562 g/mol. The van der Waals surface area contributed by atoms with Gasteiger partial charge in [-0.1, -0.05) is 49.7 Å². The minimum absolute atomic E-state index is 0.00323. The van der Waals surface area contributed by atoms with Gasteiger partial charge in [-0.2, -0.15) is 8.78 Å². The van der Waals surface area contributed by atoms with Gasteiger partial charge < -0.3 is 15.3 Å². The van der Waals surface area contributed by atoms with Gasteiger partial charge in [0, 0.05) is 35.7 Å². The Kier molecular flexibility index (Phi) is 8.74. The molecule has 0 aromatic heterocycles. The number of likely N-dealkylation sites (tertiary alicyclic amines) is 1. The zero-order valence-electron chi connectivity index (χ0n) is 22.3. The summed E-state index contributed by atoms with van der Waals surface area (Å²) in [6.45, 7) is 2.91. The van der Waals surface area contributed by atoms with Crippen molar-refractivity contribution in [3.05, 3.63) is 69.7 Å². The molecule has 41 heavy (non-hydrogen) atoms. The van der Waals surface area contributed by atoms with Gasteiger partial charge >= 0.3 is 11.9 Å². The standard InChI is InChI=1S/C28H29ClF2N4O6/c1-15(2)23(26(39)40)33-14-35-22(36)10-9-21(25(35)38)34-13-17-11-16(3-8-20(17)24(34)37)12-32-27(41)28(30,31)18-4-6-19(29)7-5-18/h3-8,11,15,21,23,33H,9-10,12-14H2,1-2H3,(H,32,41)(H,39,40)/t21?,23-/m0/s1. The van der Waals surface area contributed by atoms with Crippen LogP contribution in [0.2, 0.25) is 5.02 Å². The fourth-order valence-electron chi connectivity index (χ4n) is 4.92. The molecule has 2 atom stereocenters. The van der Waals surface area contributed by atoms with E-state index in [0.29, 0.717) is 16.7 Å². The van der Waals surface area contributed by atoms with Crippen LogP contribution in [0.4, 0.5) is 8.78 Å². The normalized spacial score (nSPS) is 18.1. The molecule has 0 radical (unpaired) electrons. The number of carboxylic acids is 1. The number of alkyl halides is 2. The van der Waals surface area contributed by atoms with Crippen molar-refractivity contribution in [1.82, 2.24) is 20.4 Å². The Balaban J connectivity index is 1.41. The lowest BCUT2D eigenvalue weighted by molar-refractivity contribution is -0.154. The van der Waals surface area contributed by atoms with E-state index < -0.39 is 53.2 Å². The van der Waals surface area contributed by atoms with Crippen molar-refractivity contribution in [2.75, 3.05) is 6.67 Å². The Morgan fingerprint density at radius 2 is 1.80 bits per heavy atom. The monoisotopic (exact) mass is 590 g/mol. The van der Waals surface area contributed by atoms with Crippen LogP contribution in [0.15, 0.2) is 42.5 Å². The molecule has 13 heteroatoms. The summed E-state index contributed by atoms with van der Waals surface area (Å²) in [4.78, 5) is 64.9. The van der Waals surface area contributed by atoms with Crippen LogP contribution >= 0.6 is 11.6 Å². The van der Waals surface area contributed by atoms with E-state index in [9.17, 15) is 37.9 Å². The van der Waals surface area contributed by atoms with Crippen molar-refractivity contribution < 1.29 is 37.9 Å². The number of hydrogen-bond acceptors (Lipinski definition) is 6. The van der Waals surface area contributed by atoms with Gasteiger partial charge in [-0.25, -0.2) is 0 Å². The number of piperidine rings is 1. The molecule has 2 aliphatic heterocycles. The summed E-state index contributed by atoms with van der Waals surface area (Å²) in [6, 6.07) is 7.41. The predicted molar refractivity (Wildman–Crippen MR) is 143 cm³/mol. The van der Waals surface area contributed by atoms with Crippen molar-refractivity contribution in [2.45, 2.75) is 57.8 Å². The second-order valence-corrected chi connectivity index (χ2v) is 10.8. The maximum Gasteiger partial charge on any atom is 0.349 e. The molecule has 2 aromatic rings. The first-order chi connectivity index (χ1) is 19.3. The van der Waals surface area contributed by atoms with Crippen molar-refractivity contribution >= 4 is 41.2 Å². The van der Waals surface area contributed by atoms with Crippen LogP contribution in [0.3, 0.4) is 0 Å². The summed E-state index contributed by atoms with van der Waals surface area (Å²) in [5.74, 6) is -8.19. The van der Waals surface area contributed by atoms with Gasteiger partial charge in [-0.3, -0.25) is 34.2 Å². The number of benzene rings is 2. The van der Waals surface area contributed by atoms with E-state index in [2.05, 4.69) is 10.6 Å². The second kappa shape index (κ2) is 11.9. The van der Waals surface area contributed by atoms with Crippen molar-refractivity contribution in [2.24, 2.45) is 5.92 Å². The molecule has 10 nitrogen and oxygen atoms in total. The van der Waals surface area contributed by atoms with Crippen LogP contribution in [0, 0.1) is 5.92 Å². The number of fused-ring (bicyclic) bond motifs is 1. The molecule has 2 heterocycles. The lowest BCUT2D eigenvalue weighted by atomic mass is 10.0. The average Bonchev–Trinajstić information content (AvgIpc) is 3.24. The third-order valence-corrected chi connectivity index (χ3v) is 7.46. The van der Waals surface area contributed by atoms with E-state index in [1.165, 1.54) is 29.2 Å². The smallest absolute Gasteiger partial charge is 0.349 e. The number of hydrogen-bond donors (Lipinski definition) is 3. The van der Waals surface area contributed by atoms with E-state index in [4.69, 9.17) is 11.6 Å². The van der Waals surface area contributed by atoms with E-state index in [-0.39, 0.29) is 43.5 Å². The molecule has 3 N–H and O–H groups in total. The number of nitrogens with one attached hydrogen (secondary N) is 2. The molecule has 2 aliphatic rings. The summed E-state index contributed by atoms with van der Waals surface area (Å²) in [5, 5.41) is 14.6. The Bertz CT molecular complexity index is 1380. The van der Waals surface area contributed by atoms with Crippen LogP contribution < -0.4 is 10.6 Å². The van der Waals surface area contributed by atoms with Crippen molar-refractivity contribution in [3.63, 3.8) is 0 Å². The van der Waals surface area contributed by atoms with Crippen LogP contribution in [-0.2, 0) is 38.2 Å². The number of carbonyl (C=O) groups excluding carboxylic acids is 4. The minimum Gasteiger partial charge on any atom is -0.480 e. The Morgan fingerprint density at radius 3 is 2.44 bits per heavy atom. The highest BCUT2D eigenvalue weighted by Gasteiger charge is 2.43. The van der Waals surface area contributed by atoms with Gasteiger partial charge in [0.2, 0.25) is 5.91 Å². The number of amides is 4. The molecule has 4 rings (SSSR count). The highest BCUT2D eigenvalue weighted by atomic mass is 35.5. The lowest BCUT2D eigenvalue weighted by Crippen LogP contribution is -2.58. The van der Waals surface area contributed by atoms with Crippen molar-refractivity contribution in [1.29, 1.82) is 0 Å². The summed E-state index contributed by atoms with van der Waals surface area (Å²) >= 11 is 5.74. The number of rotatable bonds is 10. The highest BCUT2D eigenvalue weighted by Crippen LogP contribution is 2.31. The van der Waals surface area contributed by atoms with Crippen LogP contribution in [0.25, 0.3) is 0 Å². The minimum atomic E-state index is -3.78. The maximum atomic E-state index is 14.6. The number of aliphatic carboxylic acids is 1. The summed E-state index contributed by atoms with van der Waals surface area (Å²) < 4.78 is 29.2. The first kappa shape index (κ1) is 30.1. The van der Waals surface area contributed by atoms with E-state index in [1.54, 1.807) is 19.9 Å². The zero-order valence-corrected chi connectivity index (χ0v) is 23.1. The molecule has 2 aromatic carbocycles. The molecule has 218 valence electrons. The molecule has 1 fully saturated rings.